The van der Waals surface area contributed by atoms with E-state index in [4.69, 9.17) is 23.2 Å². The lowest BCUT2D eigenvalue weighted by atomic mass is 10.1. The molecule has 0 spiro atoms. The van der Waals surface area contributed by atoms with Crippen LogP contribution in [-0.4, -0.2) is 17.5 Å². The first-order valence-electron chi connectivity index (χ1n) is 9.11. The number of amides is 2. The molecule has 2 amide bonds. The maximum Gasteiger partial charge on any atom is 0.283 e. The first kappa shape index (κ1) is 21.5. The summed E-state index contributed by atoms with van der Waals surface area (Å²) in [6.45, 7) is 1.79. The van der Waals surface area contributed by atoms with Crippen LogP contribution in [0.3, 0.4) is 0 Å². The van der Waals surface area contributed by atoms with Gasteiger partial charge in [-0.3, -0.25) is 9.59 Å². The monoisotopic (exact) mass is 487 g/mol. The van der Waals surface area contributed by atoms with Gasteiger partial charge in [0.25, 0.3) is 11.8 Å². The lowest BCUT2D eigenvalue weighted by molar-refractivity contribution is 0.0958. The van der Waals surface area contributed by atoms with Gasteiger partial charge in [0.15, 0.2) is 0 Å². The number of nitrogens with zero attached hydrogens (tertiary/aromatic N) is 1. The van der Waals surface area contributed by atoms with Crippen LogP contribution in [-0.2, 0) is 0 Å². The van der Waals surface area contributed by atoms with E-state index in [2.05, 4.69) is 15.8 Å². The van der Waals surface area contributed by atoms with E-state index >= 15 is 0 Å². The Labute approximate surface area is 196 Å². The molecule has 5 nitrogen and oxygen atoms in total. The van der Waals surface area contributed by atoms with Crippen molar-refractivity contribution in [1.29, 1.82) is 0 Å². The molecule has 0 aliphatic heterocycles. The van der Waals surface area contributed by atoms with Crippen LogP contribution in [0.2, 0.25) is 9.36 Å². The third-order valence-electron chi connectivity index (χ3n) is 4.42. The molecule has 2 aromatic carbocycles. The van der Waals surface area contributed by atoms with E-state index in [-0.39, 0.29) is 11.8 Å². The minimum atomic E-state index is -0.357. The van der Waals surface area contributed by atoms with Crippen molar-refractivity contribution < 1.29 is 9.59 Å². The van der Waals surface area contributed by atoms with Crippen LogP contribution in [0, 0.1) is 0 Å². The molecule has 0 radical (unpaired) electrons. The number of nitrogens with one attached hydrogen (secondary N) is 2. The Hall–Kier alpha value is -2.71. The van der Waals surface area contributed by atoms with Crippen LogP contribution >= 0.6 is 45.9 Å². The summed E-state index contributed by atoms with van der Waals surface area (Å²) in [5, 5.41) is 8.28. The van der Waals surface area contributed by atoms with E-state index in [9.17, 15) is 9.59 Å². The molecule has 2 aromatic heterocycles. The lowest BCUT2D eigenvalue weighted by Gasteiger charge is -2.06. The number of benzene rings is 2. The fourth-order valence-electron chi connectivity index (χ4n) is 2.83. The summed E-state index contributed by atoms with van der Waals surface area (Å²) in [6.07, 6.45) is 0. The van der Waals surface area contributed by atoms with E-state index in [1.54, 1.807) is 31.2 Å². The number of hydrogen-bond donors (Lipinski definition) is 2. The molecule has 0 bridgehead atoms. The normalized spacial score (nSPS) is 11.5. The van der Waals surface area contributed by atoms with Crippen LogP contribution in [0.15, 0.2) is 65.8 Å². The van der Waals surface area contributed by atoms with E-state index < -0.39 is 0 Å². The van der Waals surface area contributed by atoms with Crippen molar-refractivity contribution in [3.63, 3.8) is 0 Å². The molecule has 4 rings (SSSR count). The summed E-state index contributed by atoms with van der Waals surface area (Å²) >= 11 is 14.8. The van der Waals surface area contributed by atoms with E-state index in [0.717, 1.165) is 15.6 Å². The van der Waals surface area contributed by atoms with Gasteiger partial charge in [-0.25, -0.2) is 5.43 Å². The molecule has 0 saturated heterocycles. The maximum atomic E-state index is 12.5. The van der Waals surface area contributed by atoms with Crippen molar-refractivity contribution in [1.82, 2.24) is 5.43 Å². The van der Waals surface area contributed by atoms with Crippen LogP contribution in [0.1, 0.15) is 31.8 Å². The molecule has 0 aliphatic carbocycles. The Morgan fingerprint density at radius 1 is 0.903 bits per heavy atom. The SMILES string of the molecule is CC(=NNC(=O)c1sc2ccccc2c1Cl)c1ccc(NC(=O)c2ccc(Cl)s2)cc1. The summed E-state index contributed by atoms with van der Waals surface area (Å²) < 4.78 is 1.51. The highest BCUT2D eigenvalue weighted by Crippen LogP contribution is 2.35. The standard InChI is InChI=1S/C22H15Cl2N3O2S2/c1-12(26-27-22(29)20-19(24)15-4-2-3-5-16(15)31-20)13-6-8-14(9-7-13)25-21(28)17-10-11-18(23)30-17/h2-11H,1H3,(H,25,28)(H,27,29). The van der Waals surface area contributed by atoms with Gasteiger partial charge < -0.3 is 5.32 Å². The van der Waals surface area contributed by atoms with Crippen molar-refractivity contribution in [3.05, 3.63) is 85.3 Å². The zero-order chi connectivity index (χ0) is 22.0. The largest absolute Gasteiger partial charge is 0.321 e. The molecular formula is C22H15Cl2N3O2S2. The number of carbonyl (C=O) groups is 2. The Morgan fingerprint density at radius 3 is 2.32 bits per heavy atom. The third-order valence-corrected chi connectivity index (χ3v) is 7.33. The zero-order valence-corrected chi connectivity index (χ0v) is 19.3. The Kier molecular flexibility index (Phi) is 6.38. The van der Waals surface area contributed by atoms with Crippen molar-refractivity contribution in [2.75, 3.05) is 5.32 Å². The molecule has 0 atom stereocenters. The molecule has 31 heavy (non-hydrogen) atoms. The molecule has 0 saturated carbocycles. The van der Waals surface area contributed by atoms with E-state index in [1.165, 1.54) is 22.7 Å². The summed E-state index contributed by atoms with van der Waals surface area (Å²) in [7, 11) is 0. The number of halogens is 2. The molecule has 9 heteroatoms. The van der Waals surface area contributed by atoms with Gasteiger partial charge in [-0.1, -0.05) is 53.5 Å². The molecule has 156 valence electrons. The molecule has 2 N–H and O–H groups in total. The first-order chi connectivity index (χ1) is 14.9. The van der Waals surface area contributed by atoms with Crippen LogP contribution < -0.4 is 10.7 Å². The highest BCUT2D eigenvalue weighted by atomic mass is 35.5. The second kappa shape index (κ2) is 9.20. The van der Waals surface area contributed by atoms with Crippen LogP contribution in [0.5, 0.6) is 0 Å². The minimum absolute atomic E-state index is 0.220. The van der Waals surface area contributed by atoms with Gasteiger partial charge in [-0.05, 0) is 42.8 Å². The minimum Gasteiger partial charge on any atom is -0.321 e. The quantitative estimate of drug-likeness (QED) is 0.243. The highest BCUT2D eigenvalue weighted by molar-refractivity contribution is 7.21. The second-order valence-electron chi connectivity index (χ2n) is 6.51. The number of anilines is 1. The lowest BCUT2D eigenvalue weighted by Crippen LogP contribution is -2.18. The van der Waals surface area contributed by atoms with Gasteiger partial charge in [0, 0.05) is 15.8 Å². The highest BCUT2D eigenvalue weighted by Gasteiger charge is 2.16. The topological polar surface area (TPSA) is 70.6 Å². The first-order valence-corrected chi connectivity index (χ1v) is 11.5. The second-order valence-corrected chi connectivity index (χ2v) is 9.66. The number of fused-ring (bicyclic) bond motifs is 1. The molecule has 0 unspecified atom stereocenters. The number of thiophene rings is 2. The zero-order valence-electron chi connectivity index (χ0n) is 16.1. The summed E-state index contributed by atoms with van der Waals surface area (Å²) in [5.41, 5.74) is 4.63. The van der Waals surface area contributed by atoms with Gasteiger partial charge in [0.2, 0.25) is 0 Å². The number of rotatable bonds is 5. The molecule has 0 aliphatic rings. The summed E-state index contributed by atoms with van der Waals surface area (Å²) in [4.78, 5) is 25.7. The van der Waals surface area contributed by atoms with E-state index in [1.807, 2.05) is 36.4 Å². The number of carbonyl (C=O) groups excluding carboxylic acids is 2. The molecule has 4 aromatic rings. The van der Waals surface area contributed by atoms with Gasteiger partial charge in [0.05, 0.1) is 19.9 Å². The van der Waals surface area contributed by atoms with Crippen molar-refractivity contribution in [2.24, 2.45) is 5.10 Å². The van der Waals surface area contributed by atoms with Crippen molar-refractivity contribution in [3.8, 4) is 0 Å². The Bertz CT molecular complexity index is 1310. The predicted molar refractivity (Wildman–Crippen MR) is 130 cm³/mol. The van der Waals surface area contributed by atoms with Crippen molar-refractivity contribution in [2.45, 2.75) is 6.92 Å². The molecule has 0 fully saturated rings. The van der Waals surface area contributed by atoms with Gasteiger partial charge in [-0.15, -0.1) is 22.7 Å². The fourth-order valence-corrected chi connectivity index (χ4v) is 5.18. The number of hydrazone groups is 1. The van der Waals surface area contributed by atoms with Crippen LogP contribution in [0.25, 0.3) is 10.1 Å². The Balaban J connectivity index is 1.42. The average molecular weight is 488 g/mol. The van der Waals surface area contributed by atoms with Crippen molar-refractivity contribution >= 4 is 79.2 Å². The maximum absolute atomic E-state index is 12.5. The predicted octanol–water partition coefficient (Wildman–Crippen LogP) is 6.68. The van der Waals surface area contributed by atoms with Gasteiger partial charge in [0.1, 0.15) is 4.88 Å². The summed E-state index contributed by atoms with van der Waals surface area (Å²) in [5.74, 6) is -0.577. The fraction of sp³-hybridized carbons (Fsp3) is 0.0455. The smallest absolute Gasteiger partial charge is 0.283 e. The van der Waals surface area contributed by atoms with Gasteiger partial charge in [-0.2, -0.15) is 5.10 Å². The van der Waals surface area contributed by atoms with Crippen LogP contribution in [0.4, 0.5) is 5.69 Å². The van der Waals surface area contributed by atoms with E-state index in [0.29, 0.717) is 30.5 Å². The molecule has 2 heterocycles. The Morgan fingerprint density at radius 2 is 1.65 bits per heavy atom. The molecular weight excluding hydrogens is 473 g/mol. The summed E-state index contributed by atoms with van der Waals surface area (Å²) in [6, 6.07) is 18.1. The van der Waals surface area contributed by atoms with Gasteiger partial charge >= 0.3 is 0 Å². The average Bonchev–Trinajstić information content (AvgIpc) is 3.36. The third kappa shape index (κ3) is 4.80. The number of hydrogen-bond acceptors (Lipinski definition) is 5.